The fraction of sp³-hybridized carbons (Fsp3) is 0.133. The molecule has 6 nitrogen and oxygen atoms in total. The Balaban J connectivity index is 2.08. The van der Waals surface area contributed by atoms with Crippen molar-refractivity contribution in [2.24, 2.45) is 5.10 Å². The van der Waals surface area contributed by atoms with Gasteiger partial charge in [-0.3, -0.25) is 9.78 Å². The molecule has 21 heavy (non-hydrogen) atoms. The van der Waals surface area contributed by atoms with E-state index in [4.69, 9.17) is 9.47 Å². The zero-order valence-corrected chi connectivity index (χ0v) is 11.7. The van der Waals surface area contributed by atoms with Crippen molar-refractivity contribution < 1.29 is 14.3 Å². The van der Waals surface area contributed by atoms with Crippen LogP contribution in [0, 0.1) is 0 Å². The Bertz CT molecular complexity index is 620. The molecule has 108 valence electrons. The van der Waals surface area contributed by atoms with Gasteiger partial charge in [0.25, 0.3) is 5.91 Å². The summed E-state index contributed by atoms with van der Waals surface area (Å²) in [7, 11) is 3.05. The normalized spacial score (nSPS) is 10.4. The van der Waals surface area contributed by atoms with E-state index in [1.165, 1.54) is 20.4 Å². The van der Waals surface area contributed by atoms with Gasteiger partial charge in [-0.15, -0.1) is 0 Å². The van der Waals surface area contributed by atoms with Crippen molar-refractivity contribution in [3.63, 3.8) is 0 Å². The number of hydrazone groups is 1. The highest BCUT2D eigenvalue weighted by Gasteiger charge is 2.08. The first-order chi connectivity index (χ1) is 10.2. The number of pyridine rings is 1. The lowest BCUT2D eigenvalue weighted by Crippen LogP contribution is -2.17. The molecule has 0 fully saturated rings. The molecule has 6 heteroatoms. The summed E-state index contributed by atoms with van der Waals surface area (Å²) in [4.78, 5) is 16.1. The van der Waals surface area contributed by atoms with E-state index in [9.17, 15) is 4.79 Å². The quantitative estimate of drug-likeness (QED) is 0.672. The number of hydrogen-bond acceptors (Lipinski definition) is 5. The van der Waals surface area contributed by atoms with Crippen LogP contribution in [0.4, 0.5) is 0 Å². The van der Waals surface area contributed by atoms with Crippen LogP contribution >= 0.6 is 0 Å². The molecule has 2 aromatic rings. The van der Waals surface area contributed by atoms with E-state index >= 15 is 0 Å². The molecule has 0 unspecified atom stereocenters. The largest absolute Gasteiger partial charge is 0.497 e. The number of carbonyl (C=O) groups is 1. The molecule has 0 spiro atoms. The van der Waals surface area contributed by atoms with Crippen LogP contribution in [0.25, 0.3) is 0 Å². The number of carbonyl (C=O) groups excluding carboxylic acids is 1. The molecule has 1 heterocycles. The summed E-state index contributed by atoms with van der Waals surface area (Å²) in [5.74, 6) is 0.709. The smallest absolute Gasteiger partial charge is 0.271 e. The molecule has 0 aliphatic heterocycles. The SMILES string of the molecule is COc1cc(OC)cc(C(=O)N/N=C/c2ccccn2)c1. The van der Waals surface area contributed by atoms with Crippen LogP contribution in [-0.2, 0) is 0 Å². The molecule has 0 radical (unpaired) electrons. The van der Waals surface area contributed by atoms with Gasteiger partial charge in [0, 0.05) is 17.8 Å². The summed E-state index contributed by atoms with van der Waals surface area (Å²) < 4.78 is 10.2. The van der Waals surface area contributed by atoms with E-state index in [0.29, 0.717) is 22.8 Å². The highest BCUT2D eigenvalue weighted by molar-refractivity contribution is 5.95. The van der Waals surface area contributed by atoms with E-state index in [2.05, 4.69) is 15.5 Å². The molecule has 0 aliphatic rings. The minimum atomic E-state index is -0.362. The monoisotopic (exact) mass is 285 g/mol. The Kier molecular flexibility index (Phi) is 4.87. The minimum Gasteiger partial charge on any atom is -0.497 e. The second-order valence-corrected chi connectivity index (χ2v) is 4.06. The number of ether oxygens (including phenoxy) is 2. The highest BCUT2D eigenvalue weighted by atomic mass is 16.5. The molecule has 2 rings (SSSR count). The molecular weight excluding hydrogens is 270 g/mol. The lowest BCUT2D eigenvalue weighted by Gasteiger charge is -2.07. The maximum absolute atomic E-state index is 12.0. The summed E-state index contributed by atoms with van der Waals surface area (Å²) >= 11 is 0. The molecule has 0 saturated heterocycles. The van der Waals surface area contributed by atoms with Crippen molar-refractivity contribution in [1.29, 1.82) is 0 Å². The van der Waals surface area contributed by atoms with Crippen LogP contribution in [0.3, 0.4) is 0 Å². The number of amides is 1. The van der Waals surface area contributed by atoms with Gasteiger partial charge in [-0.1, -0.05) is 6.07 Å². The van der Waals surface area contributed by atoms with E-state index in [1.54, 1.807) is 36.5 Å². The standard InChI is InChI=1S/C15H15N3O3/c1-20-13-7-11(8-14(9-13)21-2)15(19)18-17-10-12-5-3-4-6-16-12/h3-10H,1-2H3,(H,18,19)/b17-10+. The molecule has 1 aromatic heterocycles. The predicted octanol–water partition coefficient (Wildman–Crippen LogP) is 1.86. The van der Waals surface area contributed by atoms with Crippen molar-refractivity contribution in [2.45, 2.75) is 0 Å². The molecule has 1 amide bonds. The van der Waals surface area contributed by atoms with Gasteiger partial charge in [-0.2, -0.15) is 5.10 Å². The van der Waals surface area contributed by atoms with Gasteiger partial charge >= 0.3 is 0 Å². The number of nitrogens with zero attached hydrogens (tertiary/aromatic N) is 2. The van der Waals surface area contributed by atoms with Crippen molar-refractivity contribution in [3.05, 3.63) is 53.9 Å². The van der Waals surface area contributed by atoms with E-state index in [0.717, 1.165) is 0 Å². The van der Waals surface area contributed by atoms with Gasteiger partial charge in [-0.05, 0) is 24.3 Å². The van der Waals surface area contributed by atoms with Crippen LogP contribution in [0.15, 0.2) is 47.7 Å². The molecule has 0 saturated carbocycles. The van der Waals surface area contributed by atoms with Crippen LogP contribution in [-0.4, -0.2) is 31.3 Å². The molecule has 0 atom stereocenters. The molecular formula is C15H15N3O3. The third-order valence-corrected chi connectivity index (χ3v) is 2.66. The van der Waals surface area contributed by atoms with Crippen LogP contribution in [0.5, 0.6) is 11.5 Å². The fourth-order valence-electron chi connectivity index (χ4n) is 1.61. The highest BCUT2D eigenvalue weighted by Crippen LogP contribution is 2.22. The predicted molar refractivity (Wildman–Crippen MR) is 78.8 cm³/mol. The Morgan fingerprint density at radius 3 is 2.48 bits per heavy atom. The number of nitrogens with one attached hydrogen (secondary N) is 1. The van der Waals surface area contributed by atoms with Gasteiger partial charge in [-0.25, -0.2) is 5.43 Å². The number of methoxy groups -OCH3 is 2. The lowest BCUT2D eigenvalue weighted by atomic mass is 10.2. The third-order valence-electron chi connectivity index (χ3n) is 2.66. The summed E-state index contributed by atoms with van der Waals surface area (Å²) in [5.41, 5.74) is 3.48. The Labute approximate surface area is 122 Å². The second kappa shape index (κ2) is 7.04. The van der Waals surface area contributed by atoms with E-state index in [-0.39, 0.29) is 5.91 Å². The van der Waals surface area contributed by atoms with Gasteiger partial charge in [0.05, 0.1) is 26.1 Å². The zero-order chi connectivity index (χ0) is 15.1. The van der Waals surface area contributed by atoms with Gasteiger partial charge < -0.3 is 9.47 Å². The van der Waals surface area contributed by atoms with Crippen molar-refractivity contribution in [3.8, 4) is 11.5 Å². The number of hydrogen-bond donors (Lipinski definition) is 1. The summed E-state index contributed by atoms with van der Waals surface area (Å²) in [6.07, 6.45) is 3.12. The Morgan fingerprint density at radius 2 is 1.90 bits per heavy atom. The van der Waals surface area contributed by atoms with E-state index < -0.39 is 0 Å². The first-order valence-corrected chi connectivity index (χ1v) is 6.20. The average Bonchev–Trinajstić information content (AvgIpc) is 2.55. The van der Waals surface area contributed by atoms with Crippen LogP contribution in [0.2, 0.25) is 0 Å². The Morgan fingerprint density at radius 1 is 1.19 bits per heavy atom. The summed E-state index contributed by atoms with van der Waals surface area (Å²) in [6, 6.07) is 10.3. The maximum Gasteiger partial charge on any atom is 0.271 e. The fourth-order valence-corrected chi connectivity index (χ4v) is 1.61. The first-order valence-electron chi connectivity index (χ1n) is 6.20. The van der Waals surface area contributed by atoms with Gasteiger partial charge in [0.15, 0.2) is 0 Å². The summed E-state index contributed by atoms with van der Waals surface area (Å²) in [6.45, 7) is 0. The van der Waals surface area contributed by atoms with Gasteiger partial charge in [0.2, 0.25) is 0 Å². The van der Waals surface area contributed by atoms with Crippen LogP contribution < -0.4 is 14.9 Å². The molecule has 0 bridgehead atoms. The lowest BCUT2D eigenvalue weighted by molar-refractivity contribution is 0.0954. The third kappa shape index (κ3) is 4.04. The van der Waals surface area contributed by atoms with Crippen molar-refractivity contribution >= 4 is 12.1 Å². The molecule has 1 N–H and O–H groups in total. The maximum atomic E-state index is 12.0. The number of benzene rings is 1. The first kappa shape index (κ1) is 14.5. The Hall–Kier alpha value is -2.89. The van der Waals surface area contributed by atoms with Gasteiger partial charge in [0.1, 0.15) is 11.5 Å². The van der Waals surface area contributed by atoms with Crippen LogP contribution in [0.1, 0.15) is 16.1 Å². The number of rotatable bonds is 5. The number of aromatic nitrogens is 1. The average molecular weight is 285 g/mol. The molecule has 0 aliphatic carbocycles. The summed E-state index contributed by atoms with van der Waals surface area (Å²) in [5, 5.41) is 3.86. The molecule has 1 aromatic carbocycles. The van der Waals surface area contributed by atoms with E-state index in [1.807, 2.05) is 6.07 Å². The second-order valence-electron chi connectivity index (χ2n) is 4.06. The minimum absolute atomic E-state index is 0.362. The topological polar surface area (TPSA) is 72.8 Å². The van der Waals surface area contributed by atoms with Crippen molar-refractivity contribution in [1.82, 2.24) is 10.4 Å². The van der Waals surface area contributed by atoms with Crippen molar-refractivity contribution in [2.75, 3.05) is 14.2 Å². The zero-order valence-electron chi connectivity index (χ0n) is 11.7.